The number of ether oxygens (including phenoxy) is 1. The third kappa shape index (κ3) is 4.71. The van der Waals surface area contributed by atoms with Crippen LogP contribution in [0.2, 0.25) is 0 Å². The molecule has 118 valence electrons. The van der Waals surface area contributed by atoms with Crippen LogP contribution in [0.5, 0.6) is 0 Å². The molecule has 1 aliphatic heterocycles. The summed E-state index contributed by atoms with van der Waals surface area (Å²) in [4.78, 5) is 2.45. The molecule has 3 nitrogen and oxygen atoms in total. The lowest BCUT2D eigenvalue weighted by atomic mass is 9.74. The first kappa shape index (κ1) is 16.3. The Morgan fingerprint density at radius 1 is 1.10 bits per heavy atom. The molecular weight excluding hydrogens is 250 g/mol. The summed E-state index contributed by atoms with van der Waals surface area (Å²) < 4.78 is 5.43. The highest BCUT2D eigenvalue weighted by molar-refractivity contribution is 4.83. The molecule has 0 radical (unpaired) electrons. The van der Waals surface area contributed by atoms with E-state index >= 15 is 0 Å². The second-order valence-corrected chi connectivity index (χ2v) is 7.42. The number of rotatable bonds is 5. The number of hydrogen-bond acceptors (Lipinski definition) is 3. The van der Waals surface area contributed by atoms with Crippen molar-refractivity contribution in [3.63, 3.8) is 0 Å². The topological polar surface area (TPSA) is 32.7 Å². The Labute approximate surface area is 124 Å². The Kier molecular flexibility index (Phi) is 6.31. The average Bonchev–Trinajstić information content (AvgIpc) is 2.42. The van der Waals surface area contributed by atoms with Crippen LogP contribution >= 0.6 is 0 Å². The molecule has 2 rings (SSSR count). The van der Waals surface area contributed by atoms with Gasteiger partial charge in [0, 0.05) is 26.3 Å². The van der Waals surface area contributed by atoms with Crippen LogP contribution in [-0.4, -0.2) is 49.5 Å². The fourth-order valence-electron chi connectivity index (χ4n) is 3.93. The zero-order chi connectivity index (χ0) is 14.5. The molecule has 1 saturated heterocycles. The van der Waals surface area contributed by atoms with E-state index in [9.17, 15) is 5.11 Å². The van der Waals surface area contributed by atoms with Crippen LogP contribution in [0, 0.1) is 23.7 Å². The Morgan fingerprint density at radius 3 is 2.45 bits per heavy atom. The minimum atomic E-state index is -0.0814. The fourth-order valence-corrected chi connectivity index (χ4v) is 3.93. The van der Waals surface area contributed by atoms with E-state index in [1.54, 1.807) is 0 Å². The van der Waals surface area contributed by atoms with E-state index in [1.165, 1.54) is 32.2 Å². The minimum absolute atomic E-state index is 0.0814. The van der Waals surface area contributed by atoms with Gasteiger partial charge in [-0.05, 0) is 62.8 Å². The van der Waals surface area contributed by atoms with Crippen molar-refractivity contribution in [2.24, 2.45) is 23.7 Å². The quantitative estimate of drug-likeness (QED) is 0.842. The van der Waals surface area contributed by atoms with Gasteiger partial charge in [-0.2, -0.15) is 0 Å². The van der Waals surface area contributed by atoms with Crippen LogP contribution in [0.4, 0.5) is 0 Å². The number of aliphatic hydroxyl groups excluding tert-OH is 1. The molecule has 1 heterocycles. The van der Waals surface area contributed by atoms with Gasteiger partial charge in [-0.15, -0.1) is 0 Å². The van der Waals surface area contributed by atoms with E-state index in [4.69, 9.17) is 4.74 Å². The molecule has 3 heteroatoms. The van der Waals surface area contributed by atoms with Crippen molar-refractivity contribution in [3.8, 4) is 0 Å². The van der Waals surface area contributed by atoms with Crippen molar-refractivity contribution in [3.05, 3.63) is 0 Å². The number of nitrogens with zero attached hydrogens (tertiary/aromatic N) is 1. The number of hydrogen-bond donors (Lipinski definition) is 1. The van der Waals surface area contributed by atoms with Crippen LogP contribution in [0.3, 0.4) is 0 Å². The molecule has 1 aliphatic carbocycles. The van der Waals surface area contributed by atoms with E-state index in [0.717, 1.165) is 43.9 Å². The van der Waals surface area contributed by atoms with Gasteiger partial charge >= 0.3 is 0 Å². The lowest BCUT2D eigenvalue weighted by Gasteiger charge is -2.38. The monoisotopic (exact) mass is 283 g/mol. The largest absolute Gasteiger partial charge is 0.393 e. The lowest BCUT2D eigenvalue weighted by molar-refractivity contribution is 0.0134. The van der Waals surface area contributed by atoms with E-state index in [2.05, 4.69) is 25.8 Å². The van der Waals surface area contributed by atoms with Gasteiger partial charge in [0.25, 0.3) is 0 Å². The summed E-state index contributed by atoms with van der Waals surface area (Å²) in [5.41, 5.74) is 0. The van der Waals surface area contributed by atoms with Crippen molar-refractivity contribution >= 4 is 0 Å². The molecule has 1 saturated carbocycles. The van der Waals surface area contributed by atoms with Crippen molar-refractivity contribution in [1.82, 2.24) is 4.90 Å². The first-order chi connectivity index (χ1) is 9.56. The highest BCUT2D eigenvalue weighted by atomic mass is 16.5. The van der Waals surface area contributed by atoms with Gasteiger partial charge in [0.2, 0.25) is 0 Å². The second kappa shape index (κ2) is 7.77. The Bertz CT molecular complexity index is 276. The molecule has 0 spiro atoms. The van der Waals surface area contributed by atoms with Gasteiger partial charge < -0.3 is 14.7 Å². The van der Waals surface area contributed by atoms with E-state index in [0.29, 0.717) is 5.92 Å². The second-order valence-electron chi connectivity index (χ2n) is 7.42. The molecule has 20 heavy (non-hydrogen) atoms. The molecule has 0 aromatic heterocycles. The van der Waals surface area contributed by atoms with Crippen molar-refractivity contribution in [1.29, 1.82) is 0 Å². The molecule has 1 N–H and O–H groups in total. The first-order valence-electron chi connectivity index (χ1n) is 8.50. The van der Waals surface area contributed by atoms with Crippen molar-refractivity contribution in [2.75, 3.05) is 33.4 Å². The first-order valence-corrected chi connectivity index (χ1v) is 8.50. The minimum Gasteiger partial charge on any atom is -0.393 e. The highest BCUT2D eigenvalue weighted by Gasteiger charge is 2.31. The number of aliphatic hydroxyl groups is 1. The molecular formula is C17H33NO2. The summed E-state index contributed by atoms with van der Waals surface area (Å²) in [6.07, 6.45) is 5.73. The maximum absolute atomic E-state index is 10.3. The summed E-state index contributed by atoms with van der Waals surface area (Å²) >= 11 is 0. The summed E-state index contributed by atoms with van der Waals surface area (Å²) in [5, 5.41) is 10.3. The normalized spacial score (nSPS) is 33.0. The Balaban J connectivity index is 1.77. The Morgan fingerprint density at radius 2 is 1.80 bits per heavy atom. The zero-order valence-electron chi connectivity index (χ0n) is 13.6. The van der Waals surface area contributed by atoms with Gasteiger partial charge in [-0.3, -0.25) is 0 Å². The van der Waals surface area contributed by atoms with Crippen LogP contribution in [0.1, 0.15) is 46.0 Å². The van der Waals surface area contributed by atoms with Gasteiger partial charge in [-0.25, -0.2) is 0 Å². The van der Waals surface area contributed by atoms with Gasteiger partial charge in [0.05, 0.1) is 6.10 Å². The van der Waals surface area contributed by atoms with Crippen LogP contribution in [0.25, 0.3) is 0 Å². The summed E-state index contributed by atoms with van der Waals surface area (Å²) in [6, 6.07) is 0. The Hall–Kier alpha value is -0.120. The molecule has 0 aromatic carbocycles. The average molecular weight is 283 g/mol. The molecule has 0 aromatic rings. The fraction of sp³-hybridized carbons (Fsp3) is 1.00. The van der Waals surface area contributed by atoms with Gasteiger partial charge in [0.15, 0.2) is 0 Å². The zero-order valence-corrected chi connectivity index (χ0v) is 13.6. The smallest absolute Gasteiger partial charge is 0.0580 e. The third-order valence-corrected chi connectivity index (χ3v) is 5.38. The summed E-state index contributed by atoms with van der Waals surface area (Å²) in [7, 11) is 2.22. The van der Waals surface area contributed by atoms with Gasteiger partial charge in [-0.1, -0.05) is 13.8 Å². The van der Waals surface area contributed by atoms with Crippen LogP contribution in [0.15, 0.2) is 0 Å². The lowest BCUT2D eigenvalue weighted by Crippen LogP contribution is -2.40. The molecule has 2 aliphatic rings. The maximum atomic E-state index is 10.3. The molecule has 0 amide bonds. The molecule has 2 fully saturated rings. The highest BCUT2D eigenvalue weighted by Crippen LogP contribution is 2.34. The van der Waals surface area contributed by atoms with E-state index in [-0.39, 0.29) is 6.10 Å². The molecule has 3 atom stereocenters. The maximum Gasteiger partial charge on any atom is 0.0580 e. The van der Waals surface area contributed by atoms with Crippen LogP contribution in [-0.2, 0) is 4.74 Å². The predicted molar refractivity (Wildman–Crippen MR) is 82.7 cm³/mol. The molecule has 0 bridgehead atoms. The molecule has 3 unspecified atom stereocenters. The van der Waals surface area contributed by atoms with Gasteiger partial charge in [0.1, 0.15) is 0 Å². The van der Waals surface area contributed by atoms with E-state index < -0.39 is 0 Å². The van der Waals surface area contributed by atoms with Crippen LogP contribution < -0.4 is 0 Å². The van der Waals surface area contributed by atoms with Crippen molar-refractivity contribution < 1.29 is 9.84 Å². The summed E-state index contributed by atoms with van der Waals surface area (Å²) in [5.74, 6) is 2.82. The van der Waals surface area contributed by atoms with E-state index in [1.807, 2.05) is 0 Å². The SMILES string of the molecule is CC(C)C1CCC(O)C(CN(C)CC2CCOCC2)C1. The standard InChI is InChI=1S/C17H33NO2/c1-13(2)15-4-5-17(19)16(10-15)12-18(3)11-14-6-8-20-9-7-14/h13-17,19H,4-12H2,1-3H3. The van der Waals surface area contributed by atoms with Crippen molar-refractivity contribution in [2.45, 2.75) is 52.1 Å². The summed E-state index contributed by atoms with van der Waals surface area (Å²) in [6.45, 7) is 8.73. The predicted octanol–water partition coefficient (Wildman–Crippen LogP) is 2.78. The third-order valence-electron chi connectivity index (χ3n) is 5.38.